The molecule has 1 fully saturated rings. The van der Waals surface area contributed by atoms with Crippen LogP contribution in [-0.2, 0) is 6.54 Å². The van der Waals surface area contributed by atoms with Crippen LogP contribution in [0.2, 0.25) is 0 Å². The SMILES string of the molecule is O=C(O)c1ccc(CNC(=O)N2CCCN(C(=O)c3ccccc3F)CC2)cc1. The third-order valence-corrected chi connectivity index (χ3v) is 4.82. The van der Waals surface area contributed by atoms with Crippen molar-refractivity contribution in [2.24, 2.45) is 0 Å². The summed E-state index contributed by atoms with van der Waals surface area (Å²) in [6.45, 7) is 1.89. The van der Waals surface area contributed by atoms with E-state index in [0.29, 0.717) is 32.6 Å². The predicted molar refractivity (Wildman–Crippen MR) is 104 cm³/mol. The van der Waals surface area contributed by atoms with E-state index in [2.05, 4.69) is 5.32 Å². The van der Waals surface area contributed by atoms with Gasteiger partial charge < -0.3 is 20.2 Å². The van der Waals surface area contributed by atoms with Crippen molar-refractivity contribution in [3.63, 3.8) is 0 Å². The van der Waals surface area contributed by atoms with Gasteiger partial charge in [-0.15, -0.1) is 0 Å². The Morgan fingerprint density at radius 3 is 2.28 bits per heavy atom. The van der Waals surface area contributed by atoms with Crippen LogP contribution in [0.5, 0.6) is 0 Å². The number of urea groups is 1. The number of aromatic carboxylic acids is 1. The zero-order valence-corrected chi connectivity index (χ0v) is 15.8. The summed E-state index contributed by atoms with van der Waals surface area (Å²) in [7, 11) is 0. The molecule has 0 saturated carbocycles. The Morgan fingerprint density at radius 2 is 1.59 bits per heavy atom. The van der Waals surface area contributed by atoms with Crippen molar-refractivity contribution in [3.05, 3.63) is 71.0 Å². The first-order chi connectivity index (χ1) is 14.0. The van der Waals surface area contributed by atoms with Gasteiger partial charge in [-0.3, -0.25) is 4.79 Å². The highest BCUT2D eigenvalue weighted by atomic mass is 19.1. The number of halogens is 1. The van der Waals surface area contributed by atoms with Crippen LogP contribution in [0.15, 0.2) is 48.5 Å². The molecule has 0 unspecified atom stereocenters. The van der Waals surface area contributed by atoms with Gasteiger partial charge in [0.25, 0.3) is 5.91 Å². The van der Waals surface area contributed by atoms with Gasteiger partial charge in [0.1, 0.15) is 5.82 Å². The first-order valence-corrected chi connectivity index (χ1v) is 9.34. The quantitative estimate of drug-likeness (QED) is 0.827. The summed E-state index contributed by atoms with van der Waals surface area (Å²) in [5, 5.41) is 11.7. The van der Waals surface area contributed by atoms with Gasteiger partial charge in [-0.1, -0.05) is 24.3 Å². The van der Waals surface area contributed by atoms with Gasteiger partial charge in [0.15, 0.2) is 0 Å². The van der Waals surface area contributed by atoms with Crippen LogP contribution in [-0.4, -0.2) is 59.0 Å². The molecule has 1 saturated heterocycles. The van der Waals surface area contributed by atoms with Crippen molar-refractivity contribution in [1.82, 2.24) is 15.1 Å². The Kier molecular flexibility index (Phi) is 6.43. The fourth-order valence-electron chi connectivity index (χ4n) is 3.18. The molecule has 0 spiro atoms. The highest BCUT2D eigenvalue weighted by Crippen LogP contribution is 2.13. The van der Waals surface area contributed by atoms with E-state index in [0.717, 1.165) is 5.56 Å². The second kappa shape index (κ2) is 9.18. The van der Waals surface area contributed by atoms with Gasteiger partial charge in [0.05, 0.1) is 11.1 Å². The van der Waals surface area contributed by atoms with E-state index in [1.807, 2.05) is 0 Å². The maximum Gasteiger partial charge on any atom is 0.335 e. The maximum atomic E-state index is 13.9. The highest BCUT2D eigenvalue weighted by molar-refractivity contribution is 5.94. The molecular weight excluding hydrogens is 377 g/mol. The van der Waals surface area contributed by atoms with Crippen LogP contribution < -0.4 is 5.32 Å². The number of carbonyl (C=O) groups is 3. The predicted octanol–water partition coefficient (Wildman–Crippen LogP) is 2.58. The summed E-state index contributed by atoms with van der Waals surface area (Å²) >= 11 is 0. The number of amides is 3. The van der Waals surface area contributed by atoms with Gasteiger partial charge in [-0.2, -0.15) is 0 Å². The third kappa shape index (κ3) is 5.10. The van der Waals surface area contributed by atoms with E-state index in [-0.39, 0.29) is 29.6 Å². The lowest BCUT2D eigenvalue weighted by Crippen LogP contribution is -2.42. The zero-order valence-electron chi connectivity index (χ0n) is 15.8. The molecule has 1 aliphatic heterocycles. The Balaban J connectivity index is 1.53. The summed E-state index contributed by atoms with van der Waals surface area (Å²) in [6, 6.07) is 11.9. The molecule has 2 aromatic carbocycles. The zero-order chi connectivity index (χ0) is 20.8. The smallest absolute Gasteiger partial charge is 0.335 e. The number of nitrogens with zero attached hydrogens (tertiary/aromatic N) is 2. The molecule has 0 aromatic heterocycles. The third-order valence-electron chi connectivity index (χ3n) is 4.82. The van der Waals surface area contributed by atoms with Crippen LogP contribution in [0.1, 0.15) is 32.7 Å². The van der Waals surface area contributed by atoms with Crippen molar-refractivity contribution in [2.75, 3.05) is 26.2 Å². The molecule has 1 heterocycles. The minimum absolute atomic E-state index is 0.0372. The molecule has 152 valence electrons. The maximum absolute atomic E-state index is 13.9. The molecule has 8 heteroatoms. The summed E-state index contributed by atoms with van der Waals surface area (Å²) in [6.07, 6.45) is 0.598. The van der Waals surface area contributed by atoms with Crippen molar-refractivity contribution in [3.8, 4) is 0 Å². The van der Waals surface area contributed by atoms with Gasteiger partial charge in [0.2, 0.25) is 0 Å². The number of hydrogen-bond acceptors (Lipinski definition) is 3. The van der Waals surface area contributed by atoms with Gasteiger partial charge in [0, 0.05) is 32.7 Å². The summed E-state index contributed by atoms with van der Waals surface area (Å²) in [4.78, 5) is 39.1. The number of carboxylic acid groups (broad SMARTS) is 1. The molecule has 3 amide bonds. The number of carbonyl (C=O) groups excluding carboxylic acids is 2. The van der Waals surface area contributed by atoms with Crippen LogP contribution in [0, 0.1) is 5.82 Å². The lowest BCUT2D eigenvalue weighted by atomic mass is 10.1. The molecule has 3 rings (SSSR count). The van der Waals surface area contributed by atoms with E-state index < -0.39 is 11.8 Å². The number of hydrogen-bond donors (Lipinski definition) is 2. The molecule has 0 radical (unpaired) electrons. The summed E-state index contributed by atoms with van der Waals surface area (Å²) < 4.78 is 13.9. The molecule has 1 aliphatic rings. The summed E-state index contributed by atoms with van der Waals surface area (Å²) in [5.41, 5.74) is 1.01. The average Bonchev–Trinajstić information content (AvgIpc) is 2.98. The number of nitrogens with one attached hydrogen (secondary N) is 1. The van der Waals surface area contributed by atoms with Crippen molar-refractivity contribution in [1.29, 1.82) is 0 Å². The molecule has 0 atom stereocenters. The molecule has 2 N–H and O–H groups in total. The number of benzene rings is 2. The first kappa shape index (κ1) is 20.3. The molecule has 2 aromatic rings. The average molecular weight is 399 g/mol. The molecule has 7 nitrogen and oxygen atoms in total. The Hall–Kier alpha value is -3.42. The van der Waals surface area contributed by atoms with Gasteiger partial charge >= 0.3 is 12.0 Å². The number of rotatable bonds is 4. The van der Waals surface area contributed by atoms with Crippen molar-refractivity contribution >= 4 is 17.9 Å². The number of carboxylic acids is 1. The fraction of sp³-hybridized carbons (Fsp3) is 0.286. The molecule has 0 bridgehead atoms. The van der Waals surface area contributed by atoms with Gasteiger partial charge in [-0.05, 0) is 36.2 Å². The van der Waals surface area contributed by atoms with E-state index >= 15 is 0 Å². The lowest BCUT2D eigenvalue weighted by Gasteiger charge is -2.22. The van der Waals surface area contributed by atoms with Gasteiger partial charge in [-0.25, -0.2) is 14.0 Å². The topological polar surface area (TPSA) is 89.9 Å². The van der Waals surface area contributed by atoms with E-state index in [1.165, 1.54) is 30.3 Å². The van der Waals surface area contributed by atoms with Crippen LogP contribution in [0.3, 0.4) is 0 Å². The van der Waals surface area contributed by atoms with Crippen LogP contribution in [0.25, 0.3) is 0 Å². The molecular formula is C21H22FN3O4. The lowest BCUT2D eigenvalue weighted by molar-refractivity contribution is 0.0695. The molecule has 29 heavy (non-hydrogen) atoms. The fourth-order valence-corrected chi connectivity index (χ4v) is 3.18. The minimum atomic E-state index is -1.00. The normalized spacial score (nSPS) is 14.2. The molecule has 0 aliphatic carbocycles. The standard InChI is InChI=1S/C21H22FN3O4/c22-18-5-2-1-4-17(18)19(26)24-10-3-11-25(13-12-24)21(29)23-14-15-6-8-16(9-7-15)20(27)28/h1-2,4-9H,3,10-14H2,(H,23,29)(H,27,28). The second-order valence-electron chi connectivity index (χ2n) is 6.77. The minimum Gasteiger partial charge on any atom is -0.478 e. The first-order valence-electron chi connectivity index (χ1n) is 9.34. The highest BCUT2D eigenvalue weighted by Gasteiger charge is 2.24. The second-order valence-corrected chi connectivity index (χ2v) is 6.77. The van der Waals surface area contributed by atoms with Crippen LogP contribution >= 0.6 is 0 Å². The van der Waals surface area contributed by atoms with E-state index in [4.69, 9.17) is 5.11 Å². The monoisotopic (exact) mass is 399 g/mol. The largest absolute Gasteiger partial charge is 0.478 e. The summed E-state index contributed by atoms with van der Waals surface area (Å²) in [5.74, 6) is -1.92. The van der Waals surface area contributed by atoms with E-state index in [1.54, 1.807) is 28.0 Å². The Morgan fingerprint density at radius 1 is 0.931 bits per heavy atom. The van der Waals surface area contributed by atoms with Crippen molar-refractivity contribution < 1.29 is 23.9 Å². The van der Waals surface area contributed by atoms with Crippen LogP contribution in [0.4, 0.5) is 9.18 Å². The Bertz CT molecular complexity index is 901. The van der Waals surface area contributed by atoms with E-state index in [9.17, 15) is 18.8 Å². The Labute approximate surface area is 167 Å². The van der Waals surface area contributed by atoms with Crippen molar-refractivity contribution in [2.45, 2.75) is 13.0 Å².